The standard InChI is InChI=1S/C9H13F3O2/c1-4-8(3,9(10,11)12)6-7(13)14-5-2/h4H,1,5-6H2,2-3H3/t8-/m1/s1. The van der Waals surface area contributed by atoms with Gasteiger partial charge >= 0.3 is 12.1 Å². The van der Waals surface area contributed by atoms with E-state index in [9.17, 15) is 18.0 Å². The van der Waals surface area contributed by atoms with Crippen molar-refractivity contribution in [1.29, 1.82) is 0 Å². The number of alkyl halides is 3. The minimum absolute atomic E-state index is 0.0733. The van der Waals surface area contributed by atoms with Crippen LogP contribution in [0.4, 0.5) is 13.2 Å². The third-order valence-corrected chi connectivity index (χ3v) is 1.91. The molecule has 0 saturated carbocycles. The highest BCUT2D eigenvalue weighted by Gasteiger charge is 2.50. The van der Waals surface area contributed by atoms with Crippen LogP contribution in [-0.4, -0.2) is 18.8 Å². The topological polar surface area (TPSA) is 26.3 Å². The summed E-state index contributed by atoms with van der Waals surface area (Å²) in [6.45, 7) is 5.61. The van der Waals surface area contributed by atoms with E-state index in [-0.39, 0.29) is 6.61 Å². The molecule has 0 aliphatic rings. The summed E-state index contributed by atoms with van der Waals surface area (Å²) in [4.78, 5) is 10.9. The second kappa shape index (κ2) is 4.48. The van der Waals surface area contributed by atoms with Crippen molar-refractivity contribution in [3.05, 3.63) is 12.7 Å². The Balaban J connectivity index is 4.57. The largest absolute Gasteiger partial charge is 0.466 e. The summed E-state index contributed by atoms with van der Waals surface area (Å²) in [5.74, 6) is -0.868. The Morgan fingerprint density at radius 3 is 2.29 bits per heavy atom. The van der Waals surface area contributed by atoms with Gasteiger partial charge in [0.05, 0.1) is 18.4 Å². The normalized spacial score (nSPS) is 15.8. The minimum atomic E-state index is -4.48. The smallest absolute Gasteiger partial charge is 0.398 e. The lowest BCUT2D eigenvalue weighted by Gasteiger charge is -2.27. The van der Waals surface area contributed by atoms with Crippen molar-refractivity contribution in [2.45, 2.75) is 26.4 Å². The maximum absolute atomic E-state index is 12.4. The van der Waals surface area contributed by atoms with Gasteiger partial charge in [-0.3, -0.25) is 4.79 Å². The molecule has 0 aromatic carbocycles. The highest BCUT2D eigenvalue weighted by Crippen LogP contribution is 2.41. The summed E-state index contributed by atoms with van der Waals surface area (Å²) in [7, 11) is 0. The molecule has 2 nitrogen and oxygen atoms in total. The molecule has 82 valence electrons. The summed E-state index contributed by atoms with van der Waals surface area (Å²) in [6.07, 6.45) is -4.49. The summed E-state index contributed by atoms with van der Waals surface area (Å²) in [5.41, 5.74) is -2.21. The Labute approximate surface area is 80.7 Å². The number of carbonyl (C=O) groups excluding carboxylic acids is 1. The molecule has 0 heterocycles. The van der Waals surface area contributed by atoms with Gasteiger partial charge in [-0.2, -0.15) is 13.2 Å². The van der Waals surface area contributed by atoms with Crippen molar-refractivity contribution in [3.63, 3.8) is 0 Å². The fourth-order valence-electron chi connectivity index (χ4n) is 0.800. The van der Waals surface area contributed by atoms with Crippen molar-refractivity contribution in [1.82, 2.24) is 0 Å². The van der Waals surface area contributed by atoms with Gasteiger partial charge in [-0.25, -0.2) is 0 Å². The van der Waals surface area contributed by atoms with Gasteiger partial charge in [0, 0.05) is 0 Å². The van der Waals surface area contributed by atoms with Crippen molar-refractivity contribution in [3.8, 4) is 0 Å². The summed E-state index contributed by atoms with van der Waals surface area (Å²) < 4.78 is 41.7. The van der Waals surface area contributed by atoms with Crippen molar-refractivity contribution in [2.75, 3.05) is 6.61 Å². The van der Waals surface area contributed by atoms with E-state index in [0.717, 1.165) is 13.0 Å². The Hall–Kier alpha value is -1.00. The zero-order valence-corrected chi connectivity index (χ0v) is 8.15. The van der Waals surface area contributed by atoms with Gasteiger partial charge in [-0.15, -0.1) is 6.58 Å². The number of carbonyl (C=O) groups is 1. The highest BCUT2D eigenvalue weighted by atomic mass is 19.4. The van der Waals surface area contributed by atoms with E-state index in [0.29, 0.717) is 0 Å². The molecule has 0 radical (unpaired) electrons. The molecule has 5 heteroatoms. The minimum Gasteiger partial charge on any atom is -0.466 e. The zero-order valence-electron chi connectivity index (χ0n) is 8.15. The molecule has 0 N–H and O–H groups in total. The van der Waals surface area contributed by atoms with E-state index in [1.165, 1.54) is 6.92 Å². The van der Waals surface area contributed by atoms with Crippen LogP contribution in [0.5, 0.6) is 0 Å². The molecule has 14 heavy (non-hydrogen) atoms. The first-order chi connectivity index (χ1) is 6.27. The highest BCUT2D eigenvalue weighted by molar-refractivity contribution is 5.70. The number of allylic oxidation sites excluding steroid dienone is 1. The first-order valence-electron chi connectivity index (χ1n) is 4.13. The maximum atomic E-state index is 12.4. The molecular formula is C9H13F3O2. The fraction of sp³-hybridized carbons (Fsp3) is 0.667. The first-order valence-corrected chi connectivity index (χ1v) is 4.13. The Morgan fingerprint density at radius 1 is 1.50 bits per heavy atom. The molecule has 1 atom stereocenters. The van der Waals surface area contributed by atoms with Crippen molar-refractivity contribution >= 4 is 5.97 Å². The van der Waals surface area contributed by atoms with Crippen LogP contribution in [0.1, 0.15) is 20.3 Å². The second-order valence-corrected chi connectivity index (χ2v) is 3.10. The van der Waals surface area contributed by atoms with Crippen LogP contribution in [-0.2, 0) is 9.53 Å². The lowest BCUT2D eigenvalue weighted by atomic mass is 9.86. The van der Waals surface area contributed by atoms with Crippen LogP contribution in [0.2, 0.25) is 0 Å². The van der Waals surface area contributed by atoms with Gasteiger partial charge in [0.25, 0.3) is 0 Å². The molecule has 0 spiro atoms. The number of rotatable bonds is 4. The molecule has 0 aliphatic carbocycles. The maximum Gasteiger partial charge on any atom is 0.398 e. The Bertz CT molecular complexity index is 223. The molecule has 0 amide bonds. The van der Waals surface area contributed by atoms with Crippen LogP contribution in [0.3, 0.4) is 0 Å². The predicted octanol–water partition coefficient (Wildman–Crippen LogP) is 2.69. The number of halogens is 3. The van der Waals surface area contributed by atoms with Crippen LogP contribution in [0.15, 0.2) is 12.7 Å². The molecule has 0 aliphatic heterocycles. The second-order valence-electron chi connectivity index (χ2n) is 3.10. The van der Waals surface area contributed by atoms with Crippen LogP contribution < -0.4 is 0 Å². The van der Waals surface area contributed by atoms with E-state index in [4.69, 9.17) is 0 Å². The average Bonchev–Trinajstić information content (AvgIpc) is 2.02. The van der Waals surface area contributed by atoms with Gasteiger partial charge < -0.3 is 4.74 Å². The van der Waals surface area contributed by atoms with Crippen LogP contribution >= 0.6 is 0 Å². The first kappa shape index (κ1) is 13.0. The van der Waals surface area contributed by atoms with E-state index >= 15 is 0 Å². The van der Waals surface area contributed by atoms with E-state index in [1.54, 1.807) is 0 Å². The molecule has 0 saturated heterocycles. The molecular weight excluding hydrogens is 197 g/mol. The monoisotopic (exact) mass is 210 g/mol. The number of esters is 1. The van der Waals surface area contributed by atoms with Gasteiger partial charge in [-0.05, 0) is 13.8 Å². The molecule has 0 bridgehead atoms. The summed E-state index contributed by atoms with van der Waals surface area (Å²) in [5, 5.41) is 0. The molecule has 0 aromatic heterocycles. The van der Waals surface area contributed by atoms with E-state index in [1.807, 2.05) is 0 Å². The van der Waals surface area contributed by atoms with Gasteiger partial charge in [-0.1, -0.05) is 6.08 Å². The quantitative estimate of drug-likeness (QED) is 0.526. The van der Waals surface area contributed by atoms with E-state index < -0.39 is 24.0 Å². The van der Waals surface area contributed by atoms with E-state index in [2.05, 4.69) is 11.3 Å². The van der Waals surface area contributed by atoms with Crippen LogP contribution in [0.25, 0.3) is 0 Å². The van der Waals surface area contributed by atoms with Gasteiger partial charge in [0.2, 0.25) is 0 Å². The summed E-state index contributed by atoms with van der Waals surface area (Å²) >= 11 is 0. The SMILES string of the molecule is C=C[C@](C)(CC(=O)OCC)C(F)(F)F. The van der Waals surface area contributed by atoms with Gasteiger partial charge in [0.1, 0.15) is 0 Å². The van der Waals surface area contributed by atoms with Crippen molar-refractivity contribution in [2.24, 2.45) is 5.41 Å². The van der Waals surface area contributed by atoms with Gasteiger partial charge in [0.15, 0.2) is 0 Å². The number of hydrogen-bond donors (Lipinski definition) is 0. The molecule has 0 unspecified atom stereocenters. The lowest BCUT2D eigenvalue weighted by Crippen LogP contribution is -2.35. The number of hydrogen-bond acceptors (Lipinski definition) is 2. The molecule has 0 aromatic rings. The Kier molecular flexibility index (Phi) is 4.16. The molecule has 0 fully saturated rings. The van der Waals surface area contributed by atoms with Crippen LogP contribution in [0, 0.1) is 5.41 Å². The zero-order chi connectivity index (χ0) is 11.4. The average molecular weight is 210 g/mol. The fourth-order valence-corrected chi connectivity index (χ4v) is 0.800. The van der Waals surface area contributed by atoms with Crippen molar-refractivity contribution < 1.29 is 22.7 Å². The lowest BCUT2D eigenvalue weighted by molar-refractivity contribution is -0.206. The Morgan fingerprint density at radius 2 is 2.00 bits per heavy atom. The summed E-state index contributed by atoms with van der Waals surface area (Å²) in [6, 6.07) is 0. The third-order valence-electron chi connectivity index (χ3n) is 1.91. The predicted molar refractivity (Wildman–Crippen MR) is 45.6 cm³/mol. The molecule has 0 rings (SSSR count). The third kappa shape index (κ3) is 3.05. The number of ether oxygens (including phenoxy) is 1.